The molecule has 1 amide bonds. The maximum atomic E-state index is 12.8. The van der Waals surface area contributed by atoms with Gasteiger partial charge in [0.2, 0.25) is 11.7 Å². The molecule has 0 saturated carbocycles. The summed E-state index contributed by atoms with van der Waals surface area (Å²) in [5.74, 6) is -2.28. The Hall–Kier alpha value is -0.910. The zero-order valence-corrected chi connectivity index (χ0v) is 13.1. The molecule has 8 heteroatoms. The molecular formula is C12H22NO6P. The van der Waals surface area contributed by atoms with Crippen LogP contribution in [0.1, 0.15) is 33.6 Å². The minimum atomic E-state index is -3.77. The van der Waals surface area contributed by atoms with Gasteiger partial charge in [0.1, 0.15) is 0 Å². The molecule has 1 unspecified atom stereocenters. The van der Waals surface area contributed by atoms with E-state index in [1.54, 1.807) is 20.8 Å². The van der Waals surface area contributed by atoms with Crippen LogP contribution in [0.5, 0.6) is 0 Å². The second kappa shape index (κ2) is 7.76. The fourth-order valence-electron chi connectivity index (χ4n) is 2.11. The van der Waals surface area contributed by atoms with Crippen LogP contribution in [0.25, 0.3) is 0 Å². The minimum absolute atomic E-state index is 0.120. The molecule has 0 aromatic rings. The number of carbonyl (C=O) groups excluding carboxylic acids is 2. The number of rotatable bonds is 8. The smallest absolute Gasteiger partial charge is 0.364 e. The number of esters is 1. The van der Waals surface area contributed by atoms with E-state index < -0.39 is 19.3 Å². The van der Waals surface area contributed by atoms with Crippen LogP contribution in [0.15, 0.2) is 0 Å². The van der Waals surface area contributed by atoms with Crippen molar-refractivity contribution in [2.75, 3.05) is 26.4 Å². The topological polar surface area (TPSA) is 82.1 Å². The van der Waals surface area contributed by atoms with Crippen LogP contribution in [-0.4, -0.2) is 48.9 Å². The van der Waals surface area contributed by atoms with E-state index in [1.807, 2.05) is 0 Å². The molecule has 1 saturated heterocycles. The van der Waals surface area contributed by atoms with E-state index in [9.17, 15) is 14.2 Å². The van der Waals surface area contributed by atoms with Crippen molar-refractivity contribution in [1.82, 2.24) is 4.90 Å². The lowest BCUT2D eigenvalue weighted by atomic mass is 10.4. The highest BCUT2D eigenvalue weighted by Crippen LogP contribution is 2.55. The first-order chi connectivity index (χ1) is 9.50. The molecule has 1 atom stereocenters. The summed E-state index contributed by atoms with van der Waals surface area (Å²) in [5.41, 5.74) is 0. The van der Waals surface area contributed by atoms with Crippen LogP contribution in [-0.2, 0) is 27.9 Å². The van der Waals surface area contributed by atoms with Gasteiger partial charge in [-0.25, -0.2) is 4.79 Å². The third-order valence-electron chi connectivity index (χ3n) is 2.82. The average Bonchev–Trinajstić information content (AvgIpc) is 2.76. The predicted molar refractivity (Wildman–Crippen MR) is 72.2 cm³/mol. The molecule has 1 heterocycles. The largest absolute Gasteiger partial charge is 0.464 e. The SMILES string of the molecule is CCOC(=O)C(N1CCCC1=O)P(=O)(OCC)OCC. The van der Waals surface area contributed by atoms with Gasteiger partial charge in [-0.3, -0.25) is 9.36 Å². The number of carbonyl (C=O) groups is 2. The van der Waals surface area contributed by atoms with Crippen molar-refractivity contribution >= 4 is 19.5 Å². The maximum absolute atomic E-state index is 12.8. The Balaban J connectivity index is 3.09. The van der Waals surface area contributed by atoms with Crippen LogP contribution in [0.4, 0.5) is 0 Å². The Morgan fingerprint density at radius 2 is 1.85 bits per heavy atom. The quantitative estimate of drug-likeness (QED) is 0.502. The number of hydrogen-bond donors (Lipinski definition) is 0. The minimum Gasteiger partial charge on any atom is -0.464 e. The van der Waals surface area contributed by atoms with Crippen LogP contribution in [0.2, 0.25) is 0 Å². The maximum Gasteiger partial charge on any atom is 0.364 e. The molecule has 20 heavy (non-hydrogen) atoms. The molecule has 0 aliphatic carbocycles. The summed E-state index contributed by atoms with van der Waals surface area (Å²) in [6.45, 7) is 5.68. The lowest BCUT2D eigenvalue weighted by Crippen LogP contribution is -2.43. The van der Waals surface area contributed by atoms with E-state index in [4.69, 9.17) is 13.8 Å². The van der Waals surface area contributed by atoms with Gasteiger partial charge in [0.25, 0.3) is 0 Å². The Morgan fingerprint density at radius 3 is 2.25 bits per heavy atom. The highest BCUT2D eigenvalue weighted by Gasteiger charge is 2.49. The first-order valence-electron chi connectivity index (χ1n) is 6.85. The van der Waals surface area contributed by atoms with Crippen molar-refractivity contribution in [3.63, 3.8) is 0 Å². The first kappa shape index (κ1) is 17.1. The molecule has 7 nitrogen and oxygen atoms in total. The van der Waals surface area contributed by atoms with Crippen molar-refractivity contribution in [3.8, 4) is 0 Å². The van der Waals surface area contributed by atoms with Gasteiger partial charge >= 0.3 is 13.6 Å². The third-order valence-corrected chi connectivity index (χ3v) is 5.15. The fourth-order valence-corrected chi connectivity index (χ4v) is 4.10. The van der Waals surface area contributed by atoms with E-state index >= 15 is 0 Å². The molecule has 0 aromatic carbocycles. The second-order valence-electron chi connectivity index (χ2n) is 4.19. The molecule has 1 rings (SSSR count). The van der Waals surface area contributed by atoms with Gasteiger partial charge in [-0.05, 0) is 27.2 Å². The zero-order chi connectivity index (χ0) is 15.2. The molecule has 0 radical (unpaired) electrons. The normalized spacial score (nSPS) is 17.4. The van der Waals surface area contributed by atoms with Gasteiger partial charge in [0.15, 0.2) is 0 Å². The average molecular weight is 307 g/mol. The Morgan fingerprint density at radius 1 is 1.25 bits per heavy atom. The van der Waals surface area contributed by atoms with Crippen molar-refractivity contribution < 1.29 is 27.9 Å². The number of ether oxygens (including phenoxy) is 1. The van der Waals surface area contributed by atoms with Gasteiger partial charge in [-0.15, -0.1) is 0 Å². The van der Waals surface area contributed by atoms with Crippen LogP contribution >= 0.6 is 7.60 Å². The highest BCUT2D eigenvalue weighted by molar-refractivity contribution is 7.55. The van der Waals surface area contributed by atoms with E-state index in [0.29, 0.717) is 19.4 Å². The summed E-state index contributed by atoms with van der Waals surface area (Å²) in [6, 6.07) is 0. The number of hydrogen-bond acceptors (Lipinski definition) is 6. The molecule has 1 aliphatic heterocycles. The summed E-state index contributed by atoms with van der Waals surface area (Å²) < 4.78 is 28.2. The molecule has 0 N–H and O–H groups in total. The predicted octanol–water partition coefficient (Wildman–Crippen LogP) is 1.76. The van der Waals surface area contributed by atoms with Crippen LogP contribution in [0.3, 0.4) is 0 Å². The van der Waals surface area contributed by atoms with Crippen LogP contribution < -0.4 is 0 Å². The highest BCUT2D eigenvalue weighted by atomic mass is 31.2. The molecular weight excluding hydrogens is 285 g/mol. The van der Waals surface area contributed by atoms with E-state index in [1.165, 1.54) is 4.90 Å². The van der Waals surface area contributed by atoms with E-state index in [-0.39, 0.29) is 25.7 Å². The Kier molecular flexibility index (Phi) is 6.65. The van der Waals surface area contributed by atoms with Gasteiger partial charge in [-0.1, -0.05) is 0 Å². The van der Waals surface area contributed by atoms with E-state index in [0.717, 1.165) is 0 Å². The monoisotopic (exact) mass is 307 g/mol. The molecule has 0 spiro atoms. The van der Waals surface area contributed by atoms with E-state index in [2.05, 4.69) is 0 Å². The fraction of sp³-hybridized carbons (Fsp3) is 0.833. The molecule has 116 valence electrons. The lowest BCUT2D eigenvalue weighted by Gasteiger charge is -2.31. The zero-order valence-electron chi connectivity index (χ0n) is 12.2. The summed E-state index contributed by atoms with van der Waals surface area (Å²) in [5, 5.41) is 0. The summed E-state index contributed by atoms with van der Waals surface area (Å²) >= 11 is 0. The number of nitrogens with zero attached hydrogens (tertiary/aromatic N) is 1. The number of amides is 1. The summed E-state index contributed by atoms with van der Waals surface area (Å²) in [6.07, 6.45) is 0.946. The van der Waals surface area contributed by atoms with Crippen LogP contribution in [0, 0.1) is 0 Å². The van der Waals surface area contributed by atoms with Gasteiger partial charge in [0.05, 0.1) is 19.8 Å². The molecule has 1 aliphatic rings. The van der Waals surface area contributed by atoms with Crippen molar-refractivity contribution in [1.29, 1.82) is 0 Å². The van der Waals surface area contributed by atoms with Gasteiger partial charge in [-0.2, -0.15) is 0 Å². The Labute approximate surface area is 119 Å². The third kappa shape index (κ3) is 3.81. The van der Waals surface area contributed by atoms with Gasteiger partial charge in [0, 0.05) is 13.0 Å². The Bertz CT molecular complexity index is 389. The lowest BCUT2D eigenvalue weighted by molar-refractivity contribution is -0.150. The first-order valence-corrected chi connectivity index (χ1v) is 8.46. The molecule has 1 fully saturated rings. The molecule has 0 aromatic heterocycles. The second-order valence-corrected chi connectivity index (χ2v) is 6.28. The standard InChI is InChI=1S/C12H22NO6P/c1-4-17-12(15)11(13-9-7-8-10(13)14)20(16,18-5-2)19-6-3/h11H,4-9H2,1-3H3. The van der Waals surface area contributed by atoms with Gasteiger partial charge < -0.3 is 18.7 Å². The summed E-state index contributed by atoms with van der Waals surface area (Å²) in [7, 11) is -3.77. The number of likely N-dealkylation sites (tertiary alicyclic amines) is 1. The van der Waals surface area contributed by atoms with Crippen molar-refractivity contribution in [2.45, 2.75) is 39.4 Å². The molecule has 0 bridgehead atoms. The van der Waals surface area contributed by atoms with Crippen molar-refractivity contribution in [3.05, 3.63) is 0 Å². The van der Waals surface area contributed by atoms with Crippen molar-refractivity contribution in [2.24, 2.45) is 0 Å². The summed E-state index contributed by atoms with van der Waals surface area (Å²) in [4.78, 5) is 25.2.